The topological polar surface area (TPSA) is 75.2 Å². The molecule has 0 spiro atoms. The van der Waals surface area contributed by atoms with E-state index in [-0.39, 0.29) is 5.75 Å². The molecule has 10 heteroatoms. The monoisotopic (exact) mass is 416 g/mol. The molecule has 0 saturated heterocycles. The molecule has 0 fully saturated rings. The number of rotatable bonds is 6. The van der Waals surface area contributed by atoms with E-state index in [1.54, 1.807) is 24.1 Å². The van der Waals surface area contributed by atoms with Gasteiger partial charge in [0.2, 0.25) is 0 Å². The van der Waals surface area contributed by atoms with E-state index in [4.69, 9.17) is 9.26 Å². The van der Waals surface area contributed by atoms with Crippen LogP contribution in [0, 0.1) is 0 Å². The van der Waals surface area contributed by atoms with Crippen LogP contribution in [0.2, 0.25) is 0 Å². The number of alkyl halides is 3. The summed E-state index contributed by atoms with van der Waals surface area (Å²) in [7, 11) is 1.60. The van der Waals surface area contributed by atoms with E-state index in [1.807, 2.05) is 24.3 Å². The minimum atomic E-state index is -4.73. The zero-order valence-electron chi connectivity index (χ0n) is 15.6. The van der Waals surface area contributed by atoms with Crippen LogP contribution in [0.3, 0.4) is 0 Å². The molecule has 30 heavy (non-hydrogen) atoms. The highest BCUT2D eigenvalue weighted by molar-refractivity contribution is 5.60. The van der Waals surface area contributed by atoms with Gasteiger partial charge in [-0.05, 0) is 48.5 Å². The second-order valence-electron chi connectivity index (χ2n) is 6.28. The number of hydrogen-bond donors (Lipinski definition) is 0. The molecule has 0 N–H and O–H groups in total. The first-order chi connectivity index (χ1) is 14.4. The Morgan fingerprint density at radius 1 is 0.933 bits per heavy atom. The smallest absolute Gasteiger partial charge is 0.497 e. The number of aromatic nitrogens is 4. The van der Waals surface area contributed by atoms with Crippen LogP contribution in [0.15, 0.2) is 65.3 Å². The maximum atomic E-state index is 12.3. The molecule has 4 rings (SSSR count). The molecule has 0 saturated carbocycles. The average molecular weight is 416 g/mol. The van der Waals surface area contributed by atoms with Crippen molar-refractivity contribution in [3.63, 3.8) is 0 Å². The highest BCUT2D eigenvalue weighted by Crippen LogP contribution is 2.26. The quantitative estimate of drug-likeness (QED) is 0.459. The van der Waals surface area contributed by atoms with Gasteiger partial charge in [-0.2, -0.15) is 0 Å². The van der Waals surface area contributed by atoms with Crippen molar-refractivity contribution < 1.29 is 27.2 Å². The minimum absolute atomic E-state index is 0.297. The standard InChI is InChI=1S/C20H15F3N4O3/c1-28-15-6-2-13(3-7-15)18-10-17(30-25-18)11-27-12-19(24-26-27)14-4-8-16(9-5-14)29-20(21,22)23/h2-10,12H,11H2,1H3. The molecular weight excluding hydrogens is 401 g/mol. The summed E-state index contributed by atoms with van der Waals surface area (Å²) in [4.78, 5) is 0. The predicted molar refractivity (Wildman–Crippen MR) is 99.7 cm³/mol. The highest BCUT2D eigenvalue weighted by atomic mass is 19.4. The first-order valence-electron chi connectivity index (χ1n) is 8.76. The van der Waals surface area contributed by atoms with Crippen LogP contribution < -0.4 is 9.47 Å². The number of benzene rings is 2. The van der Waals surface area contributed by atoms with Gasteiger partial charge in [0.05, 0.1) is 13.3 Å². The van der Waals surface area contributed by atoms with Crippen LogP contribution in [-0.4, -0.2) is 33.6 Å². The van der Waals surface area contributed by atoms with Crippen molar-refractivity contribution in [3.8, 4) is 34.0 Å². The van der Waals surface area contributed by atoms with Gasteiger partial charge in [0, 0.05) is 17.2 Å². The Bertz CT molecular complexity index is 1120. The van der Waals surface area contributed by atoms with Gasteiger partial charge in [-0.1, -0.05) is 10.4 Å². The first kappa shape index (κ1) is 19.5. The van der Waals surface area contributed by atoms with Crippen LogP contribution in [-0.2, 0) is 6.54 Å². The van der Waals surface area contributed by atoms with Crippen molar-refractivity contribution in [2.75, 3.05) is 7.11 Å². The van der Waals surface area contributed by atoms with Crippen LogP contribution >= 0.6 is 0 Å². The first-order valence-corrected chi connectivity index (χ1v) is 8.76. The zero-order chi connectivity index (χ0) is 21.1. The summed E-state index contributed by atoms with van der Waals surface area (Å²) in [5.74, 6) is 1.02. The van der Waals surface area contributed by atoms with E-state index in [2.05, 4.69) is 20.2 Å². The van der Waals surface area contributed by atoms with E-state index >= 15 is 0 Å². The molecule has 0 radical (unpaired) electrons. The van der Waals surface area contributed by atoms with Crippen molar-refractivity contribution in [2.45, 2.75) is 12.9 Å². The Morgan fingerprint density at radius 3 is 2.20 bits per heavy atom. The van der Waals surface area contributed by atoms with E-state index in [1.165, 1.54) is 24.3 Å². The molecule has 0 aliphatic heterocycles. The molecule has 154 valence electrons. The largest absolute Gasteiger partial charge is 0.573 e. The molecule has 0 aliphatic rings. The van der Waals surface area contributed by atoms with E-state index in [0.29, 0.717) is 29.3 Å². The third-order valence-electron chi connectivity index (χ3n) is 4.18. The van der Waals surface area contributed by atoms with Gasteiger partial charge < -0.3 is 14.0 Å². The van der Waals surface area contributed by atoms with Crippen molar-refractivity contribution in [1.29, 1.82) is 0 Å². The molecule has 0 unspecified atom stereocenters. The molecule has 0 amide bonds. The fraction of sp³-hybridized carbons (Fsp3) is 0.150. The molecule has 0 bridgehead atoms. The van der Waals surface area contributed by atoms with E-state index < -0.39 is 6.36 Å². The van der Waals surface area contributed by atoms with Gasteiger partial charge in [-0.25, -0.2) is 4.68 Å². The lowest BCUT2D eigenvalue weighted by Crippen LogP contribution is -2.16. The number of methoxy groups -OCH3 is 1. The number of halogens is 3. The second-order valence-corrected chi connectivity index (χ2v) is 6.28. The van der Waals surface area contributed by atoms with Crippen molar-refractivity contribution in [2.24, 2.45) is 0 Å². The van der Waals surface area contributed by atoms with Crippen LogP contribution in [0.25, 0.3) is 22.5 Å². The third-order valence-corrected chi connectivity index (χ3v) is 4.18. The van der Waals surface area contributed by atoms with Crippen LogP contribution in [0.4, 0.5) is 13.2 Å². The van der Waals surface area contributed by atoms with Crippen molar-refractivity contribution >= 4 is 0 Å². The molecular formula is C20H15F3N4O3. The lowest BCUT2D eigenvalue weighted by Gasteiger charge is -2.08. The summed E-state index contributed by atoms with van der Waals surface area (Å²) in [5, 5.41) is 12.1. The van der Waals surface area contributed by atoms with Crippen molar-refractivity contribution in [1.82, 2.24) is 20.2 Å². The van der Waals surface area contributed by atoms with Crippen molar-refractivity contribution in [3.05, 3.63) is 66.6 Å². The second kappa shape index (κ2) is 7.90. The van der Waals surface area contributed by atoms with Gasteiger partial charge in [0.25, 0.3) is 0 Å². The molecule has 4 aromatic rings. The Hall–Kier alpha value is -3.82. The predicted octanol–water partition coefficient (Wildman–Crippen LogP) is 4.56. The Kier molecular flexibility index (Phi) is 5.13. The summed E-state index contributed by atoms with van der Waals surface area (Å²) < 4.78 is 52.7. The third kappa shape index (κ3) is 4.59. The normalized spacial score (nSPS) is 11.5. The number of ether oxygens (including phenoxy) is 2. The Labute approximate surface area is 168 Å². The molecule has 2 aromatic heterocycles. The molecule has 2 aromatic carbocycles. The molecule has 7 nitrogen and oxygen atoms in total. The Morgan fingerprint density at radius 2 is 1.57 bits per heavy atom. The molecule has 0 aliphatic carbocycles. The molecule has 2 heterocycles. The van der Waals surface area contributed by atoms with Gasteiger partial charge in [0.1, 0.15) is 29.4 Å². The lowest BCUT2D eigenvalue weighted by atomic mass is 10.1. The summed E-state index contributed by atoms with van der Waals surface area (Å²) >= 11 is 0. The maximum Gasteiger partial charge on any atom is 0.573 e. The van der Waals surface area contributed by atoms with Gasteiger partial charge in [-0.15, -0.1) is 18.3 Å². The summed E-state index contributed by atoms with van der Waals surface area (Å²) in [6.07, 6.45) is -3.07. The van der Waals surface area contributed by atoms with Crippen LogP contribution in [0.1, 0.15) is 5.76 Å². The van der Waals surface area contributed by atoms with Gasteiger partial charge in [-0.3, -0.25) is 0 Å². The molecule has 0 atom stereocenters. The number of nitrogens with zero attached hydrogens (tertiary/aromatic N) is 4. The number of hydrogen-bond acceptors (Lipinski definition) is 6. The average Bonchev–Trinajstić information content (AvgIpc) is 3.38. The highest BCUT2D eigenvalue weighted by Gasteiger charge is 2.31. The van der Waals surface area contributed by atoms with E-state index in [0.717, 1.165) is 11.3 Å². The summed E-state index contributed by atoms with van der Waals surface area (Å²) in [6, 6.07) is 14.6. The lowest BCUT2D eigenvalue weighted by molar-refractivity contribution is -0.274. The van der Waals surface area contributed by atoms with Gasteiger partial charge >= 0.3 is 6.36 Å². The fourth-order valence-corrected chi connectivity index (χ4v) is 2.78. The maximum absolute atomic E-state index is 12.3. The van der Waals surface area contributed by atoms with Crippen LogP contribution in [0.5, 0.6) is 11.5 Å². The summed E-state index contributed by atoms with van der Waals surface area (Å²) in [6.45, 7) is 0.297. The Balaban J connectivity index is 1.44. The summed E-state index contributed by atoms with van der Waals surface area (Å²) in [5.41, 5.74) is 2.66. The zero-order valence-corrected chi connectivity index (χ0v) is 15.6. The SMILES string of the molecule is COc1ccc(-c2cc(Cn3cc(-c4ccc(OC(F)(F)F)cc4)nn3)on2)cc1. The van der Waals surface area contributed by atoms with Gasteiger partial charge in [0.15, 0.2) is 5.76 Å². The fourth-order valence-electron chi connectivity index (χ4n) is 2.78. The minimum Gasteiger partial charge on any atom is -0.497 e. The van der Waals surface area contributed by atoms with E-state index in [9.17, 15) is 13.2 Å².